The van der Waals surface area contributed by atoms with Gasteiger partial charge in [-0.15, -0.1) is 0 Å². The summed E-state index contributed by atoms with van der Waals surface area (Å²) in [5.41, 5.74) is 4.40. The van der Waals surface area contributed by atoms with Crippen LogP contribution in [-0.2, 0) is 5.41 Å². The molecule has 0 bridgehead atoms. The van der Waals surface area contributed by atoms with Crippen LogP contribution in [-0.4, -0.2) is 11.5 Å². The van der Waals surface area contributed by atoms with Crippen LogP contribution in [0.4, 0.5) is 5.69 Å². The summed E-state index contributed by atoms with van der Waals surface area (Å²) in [6.07, 6.45) is 9.23. The molecule has 1 spiro atoms. The zero-order chi connectivity index (χ0) is 11.0. The van der Waals surface area contributed by atoms with Crippen molar-refractivity contribution in [2.75, 3.05) is 11.9 Å². The van der Waals surface area contributed by atoms with Crippen LogP contribution in [0.5, 0.6) is 0 Å². The third-order valence-corrected chi connectivity index (χ3v) is 4.04. The normalized spacial score (nSPS) is 28.2. The maximum atomic E-state index is 4.62. The predicted molar refractivity (Wildman–Crippen MR) is 66.6 cm³/mol. The molecule has 0 saturated carbocycles. The topological polar surface area (TPSA) is 24.9 Å². The Kier molecular flexibility index (Phi) is 2.23. The number of allylic oxidation sites excluding steroid dienone is 2. The summed E-state index contributed by atoms with van der Waals surface area (Å²) < 4.78 is 0. The van der Waals surface area contributed by atoms with E-state index in [1.165, 1.54) is 37.1 Å². The zero-order valence-corrected chi connectivity index (χ0v) is 9.79. The van der Waals surface area contributed by atoms with E-state index in [2.05, 4.69) is 29.4 Å². The molecule has 0 radical (unpaired) electrons. The van der Waals surface area contributed by atoms with Gasteiger partial charge in [0.2, 0.25) is 0 Å². The Hall–Kier alpha value is -1.31. The first-order valence-electron chi connectivity index (χ1n) is 6.15. The maximum Gasteiger partial charge on any atom is 0.0714 e. The van der Waals surface area contributed by atoms with Crippen molar-refractivity contribution in [1.82, 2.24) is 4.98 Å². The van der Waals surface area contributed by atoms with Gasteiger partial charge in [0.25, 0.3) is 0 Å². The van der Waals surface area contributed by atoms with Crippen molar-refractivity contribution in [3.63, 3.8) is 0 Å². The largest absolute Gasteiger partial charge is 0.383 e. The fourth-order valence-corrected chi connectivity index (χ4v) is 2.99. The highest BCUT2D eigenvalue weighted by Gasteiger charge is 2.39. The van der Waals surface area contributed by atoms with E-state index in [1.807, 2.05) is 12.3 Å². The average molecular weight is 214 g/mol. The minimum Gasteiger partial charge on any atom is -0.383 e. The Labute approximate surface area is 96.8 Å². The molecule has 0 fully saturated rings. The Balaban J connectivity index is 1.96. The van der Waals surface area contributed by atoms with Crippen molar-refractivity contribution in [3.8, 4) is 0 Å². The van der Waals surface area contributed by atoms with E-state index in [4.69, 9.17) is 0 Å². The summed E-state index contributed by atoms with van der Waals surface area (Å²) in [4.78, 5) is 4.62. The molecule has 1 unspecified atom stereocenters. The SMILES string of the molecule is CC1=CCCC2(CC1)CNc1cccnc12. The second kappa shape index (κ2) is 3.62. The first-order chi connectivity index (χ1) is 7.80. The summed E-state index contributed by atoms with van der Waals surface area (Å²) in [5, 5.41) is 3.52. The molecule has 0 amide bonds. The van der Waals surface area contributed by atoms with Crippen LogP contribution < -0.4 is 5.32 Å². The number of fused-ring (bicyclic) bond motifs is 2. The van der Waals surface area contributed by atoms with Crippen LogP contribution in [0, 0.1) is 0 Å². The maximum absolute atomic E-state index is 4.62. The number of nitrogens with one attached hydrogen (secondary N) is 1. The Bertz CT molecular complexity index is 436. The summed E-state index contributed by atoms with van der Waals surface area (Å²) in [6.45, 7) is 3.32. The van der Waals surface area contributed by atoms with Gasteiger partial charge in [-0.05, 0) is 44.7 Å². The van der Waals surface area contributed by atoms with Gasteiger partial charge in [-0.1, -0.05) is 11.6 Å². The number of hydrogen-bond donors (Lipinski definition) is 1. The molecule has 0 aromatic carbocycles. The zero-order valence-electron chi connectivity index (χ0n) is 9.79. The van der Waals surface area contributed by atoms with E-state index < -0.39 is 0 Å². The molecule has 16 heavy (non-hydrogen) atoms. The minimum absolute atomic E-state index is 0.296. The number of rotatable bonds is 0. The highest BCUT2D eigenvalue weighted by Crippen LogP contribution is 2.43. The van der Waals surface area contributed by atoms with E-state index in [-0.39, 0.29) is 0 Å². The summed E-state index contributed by atoms with van der Waals surface area (Å²) >= 11 is 0. The van der Waals surface area contributed by atoms with Gasteiger partial charge in [0.1, 0.15) is 0 Å². The molecule has 3 rings (SSSR count). The van der Waals surface area contributed by atoms with Gasteiger partial charge in [0.05, 0.1) is 11.4 Å². The van der Waals surface area contributed by atoms with Crippen molar-refractivity contribution in [2.45, 2.75) is 38.0 Å². The second-order valence-electron chi connectivity index (χ2n) is 5.12. The van der Waals surface area contributed by atoms with Crippen molar-refractivity contribution < 1.29 is 0 Å². The van der Waals surface area contributed by atoms with Gasteiger partial charge in [0, 0.05) is 18.2 Å². The Morgan fingerprint density at radius 3 is 3.25 bits per heavy atom. The first kappa shape index (κ1) is 9.88. The molecular weight excluding hydrogens is 196 g/mol. The van der Waals surface area contributed by atoms with Gasteiger partial charge < -0.3 is 5.32 Å². The van der Waals surface area contributed by atoms with Crippen molar-refractivity contribution >= 4 is 5.69 Å². The molecule has 1 aromatic rings. The van der Waals surface area contributed by atoms with Crippen LogP contribution >= 0.6 is 0 Å². The van der Waals surface area contributed by atoms with E-state index in [9.17, 15) is 0 Å². The number of hydrogen-bond acceptors (Lipinski definition) is 2. The fourth-order valence-electron chi connectivity index (χ4n) is 2.99. The van der Waals surface area contributed by atoms with Crippen molar-refractivity contribution in [3.05, 3.63) is 35.7 Å². The van der Waals surface area contributed by atoms with Crippen molar-refractivity contribution in [2.24, 2.45) is 0 Å². The summed E-state index contributed by atoms with van der Waals surface area (Å²) in [7, 11) is 0. The molecule has 2 aliphatic rings. The number of aromatic nitrogens is 1. The van der Waals surface area contributed by atoms with Crippen molar-refractivity contribution in [1.29, 1.82) is 0 Å². The molecule has 84 valence electrons. The number of pyridine rings is 1. The monoisotopic (exact) mass is 214 g/mol. The van der Waals surface area contributed by atoms with E-state index in [1.54, 1.807) is 5.57 Å². The van der Waals surface area contributed by atoms with Crippen LogP contribution in [0.25, 0.3) is 0 Å². The Morgan fingerprint density at radius 1 is 1.38 bits per heavy atom. The van der Waals surface area contributed by atoms with E-state index in [0.717, 1.165) is 6.54 Å². The molecule has 2 heteroatoms. The highest BCUT2D eigenvalue weighted by atomic mass is 15.0. The Morgan fingerprint density at radius 2 is 2.31 bits per heavy atom. The summed E-state index contributed by atoms with van der Waals surface area (Å²) in [6, 6.07) is 4.17. The molecular formula is C14H18N2. The van der Waals surface area contributed by atoms with Crippen LogP contribution in [0.15, 0.2) is 30.0 Å². The average Bonchev–Trinajstić information content (AvgIpc) is 2.55. The minimum atomic E-state index is 0.296. The van der Waals surface area contributed by atoms with E-state index in [0.29, 0.717) is 5.41 Å². The van der Waals surface area contributed by atoms with Gasteiger partial charge in [0.15, 0.2) is 0 Å². The lowest BCUT2D eigenvalue weighted by molar-refractivity contribution is 0.402. The lowest BCUT2D eigenvalue weighted by atomic mass is 9.78. The lowest BCUT2D eigenvalue weighted by Crippen LogP contribution is -2.28. The molecule has 1 aliphatic heterocycles. The smallest absolute Gasteiger partial charge is 0.0714 e. The van der Waals surface area contributed by atoms with Gasteiger partial charge in [-0.3, -0.25) is 4.98 Å². The number of anilines is 1. The highest BCUT2D eigenvalue weighted by molar-refractivity contribution is 5.57. The molecule has 2 nitrogen and oxygen atoms in total. The van der Waals surface area contributed by atoms with Crippen LogP contribution in [0.1, 0.15) is 38.3 Å². The quantitative estimate of drug-likeness (QED) is 0.670. The third kappa shape index (κ3) is 1.44. The lowest BCUT2D eigenvalue weighted by Gasteiger charge is -2.26. The van der Waals surface area contributed by atoms with Gasteiger partial charge in [-0.2, -0.15) is 0 Å². The second-order valence-corrected chi connectivity index (χ2v) is 5.12. The van der Waals surface area contributed by atoms with E-state index >= 15 is 0 Å². The van der Waals surface area contributed by atoms with Gasteiger partial charge in [-0.25, -0.2) is 0 Å². The standard InChI is InChI=1S/C14H18N2/c1-11-4-2-7-14(8-6-11)10-16-12-5-3-9-15-13(12)14/h3-5,9,16H,2,6-8,10H2,1H3. The third-order valence-electron chi connectivity index (χ3n) is 4.04. The molecule has 1 aromatic heterocycles. The van der Waals surface area contributed by atoms with Gasteiger partial charge >= 0.3 is 0 Å². The fraction of sp³-hybridized carbons (Fsp3) is 0.500. The molecule has 2 heterocycles. The predicted octanol–water partition coefficient (Wildman–Crippen LogP) is 3.27. The molecule has 1 N–H and O–H groups in total. The van der Waals surface area contributed by atoms with Crippen LogP contribution in [0.3, 0.4) is 0 Å². The molecule has 1 atom stereocenters. The summed E-state index contributed by atoms with van der Waals surface area (Å²) in [5.74, 6) is 0. The molecule has 0 saturated heterocycles. The number of nitrogens with zero attached hydrogens (tertiary/aromatic N) is 1. The van der Waals surface area contributed by atoms with Crippen LogP contribution in [0.2, 0.25) is 0 Å². The molecule has 1 aliphatic carbocycles. The first-order valence-corrected chi connectivity index (χ1v) is 6.15.